The van der Waals surface area contributed by atoms with E-state index < -0.39 is 5.97 Å². The molecule has 0 aromatic heterocycles. The Bertz CT molecular complexity index is 416. The summed E-state index contributed by atoms with van der Waals surface area (Å²) in [7, 11) is 1.70. The number of carbonyl (C=O) groups is 2. The second-order valence-corrected chi connectivity index (χ2v) is 6.57. The number of carbonyl (C=O) groups excluding carboxylic acids is 1. The van der Waals surface area contributed by atoms with Crippen molar-refractivity contribution in [3.63, 3.8) is 0 Å². The van der Waals surface area contributed by atoms with E-state index in [2.05, 4.69) is 4.90 Å². The van der Waals surface area contributed by atoms with Crippen molar-refractivity contribution >= 4 is 11.9 Å². The molecule has 0 aromatic rings. The summed E-state index contributed by atoms with van der Waals surface area (Å²) in [5.74, 6) is -0.164. The summed E-state index contributed by atoms with van der Waals surface area (Å²) >= 11 is 0. The standard InChI is InChI=1S/C15H24N2O4/c1-21-6-5-16-4-2-3-10(7-16)14(18)17-8-11-12(9-17)13(11)15(19)20/h10-13H,2-9H2,1H3,(H,19,20)/t10-,11-,12+,13?/m0/s1. The predicted molar refractivity (Wildman–Crippen MR) is 75.7 cm³/mol. The fraction of sp³-hybridized carbons (Fsp3) is 0.867. The molecule has 0 bridgehead atoms. The number of carboxylic acid groups (broad SMARTS) is 1. The molecule has 3 rings (SSSR count). The van der Waals surface area contributed by atoms with E-state index in [4.69, 9.17) is 9.84 Å². The van der Waals surface area contributed by atoms with E-state index in [-0.39, 0.29) is 29.6 Å². The van der Waals surface area contributed by atoms with Gasteiger partial charge in [-0.15, -0.1) is 0 Å². The van der Waals surface area contributed by atoms with Crippen LogP contribution < -0.4 is 0 Å². The van der Waals surface area contributed by atoms with Crippen molar-refractivity contribution in [2.45, 2.75) is 12.8 Å². The zero-order valence-electron chi connectivity index (χ0n) is 12.5. The maximum atomic E-state index is 12.6. The molecule has 2 heterocycles. The van der Waals surface area contributed by atoms with Crippen LogP contribution in [0.15, 0.2) is 0 Å². The van der Waals surface area contributed by atoms with Gasteiger partial charge in [0, 0.05) is 33.3 Å². The third-order valence-electron chi connectivity index (χ3n) is 5.26. The van der Waals surface area contributed by atoms with E-state index in [9.17, 15) is 9.59 Å². The summed E-state index contributed by atoms with van der Waals surface area (Å²) in [4.78, 5) is 27.8. The number of piperidine rings is 2. The van der Waals surface area contributed by atoms with Crippen molar-refractivity contribution in [3.05, 3.63) is 0 Å². The van der Waals surface area contributed by atoms with Gasteiger partial charge >= 0.3 is 5.97 Å². The van der Waals surface area contributed by atoms with Gasteiger partial charge in [0.1, 0.15) is 0 Å². The molecular weight excluding hydrogens is 272 g/mol. The van der Waals surface area contributed by atoms with Gasteiger partial charge in [-0.2, -0.15) is 0 Å². The number of methoxy groups -OCH3 is 1. The SMILES string of the molecule is COCCN1CCC[C@H](C(=O)N2C[C@@H]3C(C(=O)O)[C@@H]3C2)C1. The number of fused-ring (bicyclic) bond motifs is 1. The number of nitrogens with zero attached hydrogens (tertiary/aromatic N) is 2. The summed E-state index contributed by atoms with van der Waals surface area (Å²) in [5.41, 5.74) is 0. The summed E-state index contributed by atoms with van der Waals surface area (Å²) in [5, 5.41) is 9.03. The molecule has 1 amide bonds. The summed E-state index contributed by atoms with van der Waals surface area (Å²) < 4.78 is 5.10. The first kappa shape index (κ1) is 14.8. The molecule has 2 saturated heterocycles. The van der Waals surface area contributed by atoms with Crippen LogP contribution >= 0.6 is 0 Å². The molecule has 3 fully saturated rings. The lowest BCUT2D eigenvalue weighted by Gasteiger charge is -2.34. The molecule has 3 aliphatic rings. The van der Waals surface area contributed by atoms with E-state index in [1.807, 2.05) is 4.90 Å². The number of likely N-dealkylation sites (tertiary alicyclic amines) is 2. The van der Waals surface area contributed by atoms with Gasteiger partial charge in [-0.25, -0.2) is 0 Å². The van der Waals surface area contributed by atoms with Crippen LogP contribution in [0.5, 0.6) is 0 Å². The quantitative estimate of drug-likeness (QED) is 0.781. The lowest BCUT2D eigenvalue weighted by atomic mass is 9.96. The maximum Gasteiger partial charge on any atom is 0.307 e. The molecule has 1 unspecified atom stereocenters. The highest BCUT2D eigenvalue weighted by molar-refractivity contribution is 5.81. The van der Waals surface area contributed by atoms with Crippen molar-refractivity contribution < 1.29 is 19.4 Å². The Labute approximate surface area is 125 Å². The number of hydrogen-bond donors (Lipinski definition) is 1. The normalized spacial score (nSPS) is 35.6. The van der Waals surface area contributed by atoms with Gasteiger partial charge in [-0.1, -0.05) is 0 Å². The fourth-order valence-electron chi connectivity index (χ4n) is 4.01. The largest absolute Gasteiger partial charge is 0.481 e. The Morgan fingerprint density at radius 1 is 1.24 bits per heavy atom. The summed E-state index contributed by atoms with van der Waals surface area (Å²) in [6.45, 7) is 4.74. The van der Waals surface area contributed by atoms with Crippen molar-refractivity contribution in [2.75, 3.05) is 46.4 Å². The van der Waals surface area contributed by atoms with Crippen molar-refractivity contribution in [1.29, 1.82) is 0 Å². The third-order valence-corrected chi connectivity index (χ3v) is 5.26. The van der Waals surface area contributed by atoms with Gasteiger partial charge in [-0.05, 0) is 31.2 Å². The molecular formula is C15H24N2O4. The topological polar surface area (TPSA) is 70.1 Å². The zero-order chi connectivity index (χ0) is 15.0. The van der Waals surface area contributed by atoms with Crippen LogP contribution in [-0.4, -0.2) is 73.2 Å². The average molecular weight is 296 g/mol. The molecule has 1 saturated carbocycles. The van der Waals surface area contributed by atoms with Crippen LogP contribution in [0.4, 0.5) is 0 Å². The van der Waals surface area contributed by atoms with Gasteiger partial charge in [-0.3, -0.25) is 9.59 Å². The van der Waals surface area contributed by atoms with Crippen LogP contribution in [0, 0.1) is 23.7 Å². The second kappa shape index (κ2) is 5.93. The van der Waals surface area contributed by atoms with Gasteiger partial charge in [0.15, 0.2) is 0 Å². The molecule has 4 atom stereocenters. The molecule has 0 spiro atoms. The number of rotatable bonds is 5. The highest BCUT2D eigenvalue weighted by atomic mass is 16.5. The Balaban J connectivity index is 1.49. The van der Waals surface area contributed by atoms with E-state index >= 15 is 0 Å². The lowest BCUT2D eigenvalue weighted by Crippen LogP contribution is -2.45. The van der Waals surface area contributed by atoms with E-state index in [1.165, 1.54) is 0 Å². The van der Waals surface area contributed by atoms with Gasteiger partial charge in [0.25, 0.3) is 0 Å². The van der Waals surface area contributed by atoms with Gasteiger partial charge in [0.05, 0.1) is 18.4 Å². The molecule has 6 heteroatoms. The number of hydrogen-bond acceptors (Lipinski definition) is 4. The zero-order valence-corrected chi connectivity index (χ0v) is 12.5. The van der Waals surface area contributed by atoms with Crippen LogP contribution in [0.2, 0.25) is 0 Å². The molecule has 6 nitrogen and oxygen atoms in total. The Hall–Kier alpha value is -1.14. The number of carboxylic acids is 1. The van der Waals surface area contributed by atoms with Crippen LogP contribution in [0.25, 0.3) is 0 Å². The molecule has 1 aliphatic carbocycles. The predicted octanol–water partition coefficient (Wildman–Crippen LogP) is 0.134. The van der Waals surface area contributed by atoms with Crippen LogP contribution in [-0.2, 0) is 14.3 Å². The van der Waals surface area contributed by atoms with E-state index in [0.717, 1.165) is 32.5 Å². The summed E-state index contributed by atoms with van der Waals surface area (Å²) in [6, 6.07) is 0. The van der Waals surface area contributed by atoms with Gasteiger partial charge in [0.2, 0.25) is 5.91 Å². The molecule has 0 aromatic carbocycles. The third kappa shape index (κ3) is 2.92. The number of amides is 1. The van der Waals surface area contributed by atoms with Crippen LogP contribution in [0.1, 0.15) is 12.8 Å². The molecule has 2 aliphatic heterocycles. The first-order valence-corrected chi connectivity index (χ1v) is 7.84. The first-order chi connectivity index (χ1) is 10.1. The lowest BCUT2D eigenvalue weighted by molar-refractivity contribution is -0.142. The minimum atomic E-state index is -0.694. The number of aliphatic carboxylic acids is 1. The van der Waals surface area contributed by atoms with Gasteiger partial charge < -0.3 is 19.6 Å². The monoisotopic (exact) mass is 296 g/mol. The fourth-order valence-corrected chi connectivity index (χ4v) is 4.01. The van der Waals surface area contributed by atoms with Crippen molar-refractivity contribution in [2.24, 2.45) is 23.7 Å². The van der Waals surface area contributed by atoms with Crippen LogP contribution in [0.3, 0.4) is 0 Å². The molecule has 0 radical (unpaired) electrons. The highest BCUT2D eigenvalue weighted by Gasteiger charge is 2.60. The Morgan fingerprint density at radius 2 is 1.95 bits per heavy atom. The molecule has 118 valence electrons. The smallest absolute Gasteiger partial charge is 0.307 e. The van der Waals surface area contributed by atoms with E-state index in [0.29, 0.717) is 19.7 Å². The maximum absolute atomic E-state index is 12.6. The van der Waals surface area contributed by atoms with Crippen molar-refractivity contribution in [3.8, 4) is 0 Å². The molecule has 1 N–H and O–H groups in total. The second-order valence-electron chi connectivity index (χ2n) is 6.57. The van der Waals surface area contributed by atoms with E-state index in [1.54, 1.807) is 7.11 Å². The first-order valence-electron chi connectivity index (χ1n) is 7.84. The number of ether oxygens (including phenoxy) is 1. The Kier molecular flexibility index (Phi) is 4.17. The van der Waals surface area contributed by atoms with Crippen molar-refractivity contribution in [1.82, 2.24) is 9.80 Å². The minimum absolute atomic E-state index is 0.0800. The average Bonchev–Trinajstić information content (AvgIpc) is 3.00. The Morgan fingerprint density at radius 3 is 2.57 bits per heavy atom. The minimum Gasteiger partial charge on any atom is -0.481 e. The summed E-state index contributed by atoms with van der Waals surface area (Å²) in [6.07, 6.45) is 2.01. The highest BCUT2D eigenvalue weighted by Crippen LogP contribution is 2.52. The molecule has 21 heavy (non-hydrogen) atoms.